The number of aliphatic imine (C=N–C) groups is 1. The molecule has 25 heavy (non-hydrogen) atoms. The first-order valence-electron chi connectivity index (χ1n) is 8.18. The zero-order valence-corrected chi connectivity index (χ0v) is 15.9. The van der Waals surface area contributed by atoms with E-state index in [0.717, 1.165) is 28.6 Å². The number of rotatable bonds is 3. The molecule has 0 amide bonds. The minimum absolute atomic E-state index is 0.0274. The molecule has 7 heteroatoms. The number of aromatic nitrogens is 1. The lowest BCUT2D eigenvalue weighted by atomic mass is 9.95. The molecule has 3 atom stereocenters. The molecule has 0 spiro atoms. The highest BCUT2D eigenvalue weighted by molar-refractivity contribution is 8.14. The van der Waals surface area contributed by atoms with Crippen LogP contribution >= 0.6 is 35.0 Å². The van der Waals surface area contributed by atoms with Gasteiger partial charge in [0.05, 0.1) is 21.8 Å². The van der Waals surface area contributed by atoms with Crippen LogP contribution in [0.1, 0.15) is 36.7 Å². The maximum absolute atomic E-state index is 9.92. The first kappa shape index (κ1) is 17.0. The molecule has 1 aromatic heterocycles. The smallest absolute Gasteiger partial charge is 0.160 e. The number of phenols is 1. The van der Waals surface area contributed by atoms with E-state index in [-0.39, 0.29) is 27.9 Å². The molecule has 2 aromatic rings. The van der Waals surface area contributed by atoms with Gasteiger partial charge in [0.2, 0.25) is 0 Å². The van der Waals surface area contributed by atoms with Gasteiger partial charge in [-0.1, -0.05) is 48.0 Å². The van der Waals surface area contributed by atoms with E-state index in [4.69, 9.17) is 28.2 Å². The summed E-state index contributed by atoms with van der Waals surface area (Å²) < 4.78 is 0. The lowest BCUT2D eigenvalue weighted by molar-refractivity contribution is 0.255. The van der Waals surface area contributed by atoms with E-state index in [1.54, 1.807) is 30.1 Å². The van der Waals surface area contributed by atoms with Crippen LogP contribution in [0.2, 0.25) is 10.0 Å². The minimum atomic E-state index is -0.116. The molecule has 2 aliphatic rings. The van der Waals surface area contributed by atoms with E-state index in [0.29, 0.717) is 6.04 Å². The summed E-state index contributed by atoms with van der Waals surface area (Å²) in [6, 6.07) is 9.72. The number of thioether (sulfide) groups is 1. The van der Waals surface area contributed by atoms with Crippen molar-refractivity contribution in [2.45, 2.75) is 31.5 Å². The SMILES string of the molecule is CC[C@H]1CSC2=N[C@@H](c3ccccn3)[C@@H](c3cc(Cl)c(O)c(Cl)c3)N21. The summed E-state index contributed by atoms with van der Waals surface area (Å²) in [4.78, 5) is 11.8. The molecule has 1 fully saturated rings. The van der Waals surface area contributed by atoms with Crippen molar-refractivity contribution in [2.24, 2.45) is 4.99 Å². The van der Waals surface area contributed by atoms with Crippen molar-refractivity contribution in [3.8, 4) is 5.75 Å². The summed E-state index contributed by atoms with van der Waals surface area (Å²) in [6.45, 7) is 2.19. The molecule has 0 radical (unpaired) electrons. The number of hydrogen-bond acceptors (Lipinski definition) is 5. The number of halogens is 2. The molecule has 0 saturated carbocycles. The predicted molar refractivity (Wildman–Crippen MR) is 104 cm³/mol. The molecular formula is C18H17Cl2N3OS. The standard InChI is InChI=1S/C18H17Cl2N3OS/c1-2-11-9-25-18-22-15(14-5-3-4-6-21-14)16(23(11)18)10-7-12(19)17(24)13(20)8-10/h3-8,11,15-16,24H,2,9H2,1H3/t11-,15-,16+/m0/s1. The molecule has 0 unspecified atom stereocenters. The van der Waals surface area contributed by atoms with Gasteiger partial charge in [0.1, 0.15) is 6.04 Å². The van der Waals surface area contributed by atoms with Crippen LogP contribution in [0.4, 0.5) is 0 Å². The highest BCUT2D eigenvalue weighted by Crippen LogP contribution is 2.50. The van der Waals surface area contributed by atoms with Crippen molar-refractivity contribution in [3.63, 3.8) is 0 Å². The van der Waals surface area contributed by atoms with Gasteiger partial charge in [-0.15, -0.1) is 0 Å². The largest absolute Gasteiger partial charge is 0.505 e. The Morgan fingerprint density at radius 2 is 2.04 bits per heavy atom. The average Bonchev–Trinajstić information content (AvgIpc) is 3.18. The molecule has 130 valence electrons. The molecule has 4 nitrogen and oxygen atoms in total. The Bertz CT molecular complexity index is 807. The van der Waals surface area contributed by atoms with E-state index >= 15 is 0 Å². The number of pyridine rings is 1. The Morgan fingerprint density at radius 1 is 1.28 bits per heavy atom. The molecule has 1 aromatic carbocycles. The normalized spacial score (nSPS) is 25.2. The highest BCUT2D eigenvalue weighted by atomic mass is 35.5. The van der Waals surface area contributed by atoms with Gasteiger partial charge in [0, 0.05) is 18.0 Å². The van der Waals surface area contributed by atoms with Crippen molar-refractivity contribution < 1.29 is 5.11 Å². The molecule has 1 saturated heterocycles. The molecule has 0 bridgehead atoms. The van der Waals surface area contributed by atoms with Crippen molar-refractivity contribution >= 4 is 40.1 Å². The van der Waals surface area contributed by atoms with Crippen LogP contribution in [0.3, 0.4) is 0 Å². The second-order valence-electron chi connectivity index (χ2n) is 6.17. The highest BCUT2D eigenvalue weighted by Gasteiger charge is 2.45. The summed E-state index contributed by atoms with van der Waals surface area (Å²) in [5.74, 6) is 0.948. The van der Waals surface area contributed by atoms with Gasteiger partial charge < -0.3 is 10.0 Å². The Kier molecular flexibility index (Phi) is 4.56. The van der Waals surface area contributed by atoms with Crippen molar-refractivity contribution in [1.29, 1.82) is 0 Å². The van der Waals surface area contributed by atoms with Crippen LogP contribution in [0.15, 0.2) is 41.5 Å². The molecule has 0 aliphatic carbocycles. The first-order chi connectivity index (χ1) is 12.1. The number of amidine groups is 1. The van der Waals surface area contributed by atoms with Crippen molar-refractivity contribution in [1.82, 2.24) is 9.88 Å². The van der Waals surface area contributed by atoms with Gasteiger partial charge in [0.15, 0.2) is 10.9 Å². The van der Waals surface area contributed by atoms with E-state index < -0.39 is 0 Å². The predicted octanol–water partition coefficient (Wildman–Crippen LogP) is 5.07. The Morgan fingerprint density at radius 3 is 2.68 bits per heavy atom. The number of aromatic hydroxyl groups is 1. The Labute approximate surface area is 160 Å². The summed E-state index contributed by atoms with van der Waals surface area (Å²) in [5.41, 5.74) is 1.87. The first-order valence-corrected chi connectivity index (χ1v) is 9.92. The topological polar surface area (TPSA) is 48.7 Å². The average molecular weight is 394 g/mol. The van der Waals surface area contributed by atoms with Gasteiger partial charge in [-0.25, -0.2) is 0 Å². The van der Waals surface area contributed by atoms with Crippen molar-refractivity contribution in [3.05, 3.63) is 57.8 Å². The Hall–Kier alpha value is -1.43. The second-order valence-corrected chi connectivity index (χ2v) is 7.97. The fraction of sp³-hybridized carbons (Fsp3) is 0.333. The fourth-order valence-electron chi connectivity index (χ4n) is 3.47. The van der Waals surface area contributed by atoms with Gasteiger partial charge in [0.25, 0.3) is 0 Å². The molecule has 3 heterocycles. The van der Waals surface area contributed by atoms with Gasteiger partial charge in [-0.3, -0.25) is 9.98 Å². The van der Waals surface area contributed by atoms with E-state index in [1.807, 2.05) is 18.2 Å². The quantitative estimate of drug-likeness (QED) is 0.790. The van der Waals surface area contributed by atoms with Crippen LogP contribution in [0, 0.1) is 0 Å². The van der Waals surface area contributed by atoms with Gasteiger partial charge in [-0.2, -0.15) is 0 Å². The van der Waals surface area contributed by atoms with Crippen LogP contribution in [0.5, 0.6) is 5.75 Å². The van der Waals surface area contributed by atoms with Crippen LogP contribution in [-0.2, 0) is 0 Å². The summed E-state index contributed by atoms with van der Waals surface area (Å²) in [6.07, 6.45) is 2.83. The summed E-state index contributed by atoms with van der Waals surface area (Å²) in [5, 5.41) is 11.5. The third-order valence-electron chi connectivity index (χ3n) is 4.71. The Balaban J connectivity index is 1.83. The zero-order chi connectivity index (χ0) is 17.6. The zero-order valence-electron chi connectivity index (χ0n) is 13.6. The number of phenolic OH excluding ortho intramolecular Hbond substituents is 1. The second kappa shape index (κ2) is 6.71. The number of hydrogen-bond donors (Lipinski definition) is 1. The van der Waals surface area contributed by atoms with E-state index in [9.17, 15) is 5.11 Å². The lowest BCUT2D eigenvalue weighted by Crippen LogP contribution is -2.35. The number of nitrogens with zero attached hydrogens (tertiary/aromatic N) is 3. The van der Waals surface area contributed by atoms with Crippen LogP contribution in [-0.4, -0.2) is 32.0 Å². The van der Waals surface area contributed by atoms with Gasteiger partial charge in [-0.05, 0) is 36.2 Å². The molecule has 4 rings (SSSR count). The summed E-state index contributed by atoms with van der Waals surface area (Å²) in [7, 11) is 0. The van der Waals surface area contributed by atoms with Crippen molar-refractivity contribution in [2.75, 3.05) is 5.75 Å². The number of fused-ring (bicyclic) bond motifs is 1. The third kappa shape index (κ3) is 2.88. The van der Waals surface area contributed by atoms with Crippen LogP contribution < -0.4 is 0 Å². The summed E-state index contributed by atoms with van der Waals surface area (Å²) >= 11 is 14.2. The maximum Gasteiger partial charge on any atom is 0.160 e. The van der Waals surface area contributed by atoms with Crippen LogP contribution in [0.25, 0.3) is 0 Å². The maximum atomic E-state index is 9.92. The molecule has 1 N–H and O–H groups in total. The molecular weight excluding hydrogens is 377 g/mol. The minimum Gasteiger partial charge on any atom is -0.505 e. The fourth-order valence-corrected chi connectivity index (χ4v) is 5.31. The van der Waals surface area contributed by atoms with E-state index in [1.165, 1.54) is 0 Å². The lowest BCUT2D eigenvalue weighted by Gasteiger charge is -2.32. The number of benzene rings is 1. The van der Waals surface area contributed by atoms with Gasteiger partial charge >= 0.3 is 0 Å². The third-order valence-corrected chi connectivity index (χ3v) is 6.41. The monoisotopic (exact) mass is 393 g/mol. The molecule has 2 aliphatic heterocycles. The van der Waals surface area contributed by atoms with E-state index in [2.05, 4.69) is 16.8 Å².